The lowest BCUT2D eigenvalue weighted by Crippen LogP contribution is -2.34. The van der Waals surface area contributed by atoms with Crippen molar-refractivity contribution in [1.82, 2.24) is 5.32 Å². The first-order valence-electron chi connectivity index (χ1n) is 6.00. The number of nitrogens with one attached hydrogen (secondary N) is 1. The van der Waals surface area contributed by atoms with Crippen molar-refractivity contribution in [2.45, 2.75) is 13.5 Å². The zero-order valence-corrected chi connectivity index (χ0v) is 11.3. The van der Waals surface area contributed by atoms with Crippen LogP contribution in [0.15, 0.2) is 24.3 Å². The Hall–Kier alpha value is -1.26. The van der Waals surface area contributed by atoms with E-state index in [1.54, 1.807) is 0 Å². The van der Waals surface area contributed by atoms with E-state index in [4.69, 9.17) is 4.74 Å². The highest BCUT2D eigenvalue weighted by Gasteiger charge is 2.17. The minimum Gasteiger partial charge on any atom is -0.465 e. The van der Waals surface area contributed by atoms with Gasteiger partial charge < -0.3 is 15.0 Å². The lowest BCUT2D eigenvalue weighted by Gasteiger charge is -2.23. The van der Waals surface area contributed by atoms with Gasteiger partial charge in [0, 0.05) is 25.3 Å². The van der Waals surface area contributed by atoms with E-state index in [1.807, 2.05) is 19.1 Å². The van der Waals surface area contributed by atoms with E-state index in [0.29, 0.717) is 13.2 Å². The Morgan fingerprint density at radius 3 is 3.00 bits per heavy atom. The zero-order valence-electron chi connectivity index (χ0n) is 10.5. The summed E-state index contributed by atoms with van der Waals surface area (Å²) in [5, 5.41) is 3.34. The van der Waals surface area contributed by atoms with Gasteiger partial charge in [0.05, 0.1) is 6.61 Å². The molecule has 0 atom stereocenters. The van der Waals surface area contributed by atoms with Crippen molar-refractivity contribution in [2.75, 3.05) is 31.1 Å². The Balaban J connectivity index is 0.00000162. The van der Waals surface area contributed by atoms with E-state index in [2.05, 4.69) is 22.3 Å². The zero-order chi connectivity index (χ0) is 12.1. The van der Waals surface area contributed by atoms with Crippen molar-refractivity contribution < 1.29 is 9.53 Å². The summed E-state index contributed by atoms with van der Waals surface area (Å²) in [4.78, 5) is 13.6. The number of anilines is 1. The van der Waals surface area contributed by atoms with E-state index in [9.17, 15) is 4.79 Å². The molecule has 0 fully saturated rings. The fourth-order valence-corrected chi connectivity index (χ4v) is 2.05. The number of hydrogen-bond acceptors (Lipinski definition) is 4. The van der Waals surface area contributed by atoms with E-state index in [1.165, 1.54) is 5.56 Å². The topological polar surface area (TPSA) is 41.6 Å². The molecule has 0 unspecified atom stereocenters. The number of ether oxygens (including phenoxy) is 1. The Morgan fingerprint density at radius 2 is 2.22 bits per heavy atom. The van der Waals surface area contributed by atoms with Gasteiger partial charge in [-0.05, 0) is 18.6 Å². The van der Waals surface area contributed by atoms with Crippen LogP contribution in [0.5, 0.6) is 0 Å². The second-order valence-electron chi connectivity index (χ2n) is 4.03. The summed E-state index contributed by atoms with van der Waals surface area (Å²) in [7, 11) is 0. The molecular formula is C13H19ClN2O2. The first-order chi connectivity index (χ1) is 8.31. The second-order valence-corrected chi connectivity index (χ2v) is 4.03. The highest BCUT2D eigenvalue weighted by atomic mass is 35.5. The van der Waals surface area contributed by atoms with Crippen LogP contribution in [-0.2, 0) is 16.1 Å². The molecule has 1 N–H and O–H groups in total. The fraction of sp³-hybridized carbons (Fsp3) is 0.462. The van der Waals surface area contributed by atoms with Gasteiger partial charge in [-0.3, -0.25) is 4.79 Å². The van der Waals surface area contributed by atoms with Gasteiger partial charge in [-0.1, -0.05) is 18.2 Å². The smallest absolute Gasteiger partial charge is 0.325 e. The third-order valence-electron chi connectivity index (χ3n) is 2.83. The standard InChI is InChI=1S/C13H18N2O2.ClH/c1-2-17-13(16)10-15-8-7-14-9-11-5-3-4-6-12(11)15;/h3-6,14H,2,7-10H2,1H3;1H. The maximum absolute atomic E-state index is 11.5. The monoisotopic (exact) mass is 270 g/mol. The first kappa shape index (κ1) is 14.8. The molecule has 0 radical (unpaired) electrons. The van der Waals surface area contributed by atoms with Gasteiger partial charge in [-0.25, -0.2) is 0 Å². The number of carbonyl (C=O) groups excluding carboxylic acids is 1. The van der Waals surface area contributed by atoms with Crippen LogP contribution in [0.25, 0.3) is 0 Å². The van der Waals surface area contributed by atoms with Crippen molar-refractivity contribution in [3.05, 3.63) is 29.8 Å². The average Bonchev–Trinajstić information content (AvgIpc) is 2.53. The minimum atomic E-state index is -0.163. The number of rotatable bonds is 3. The molecule has 1 heterocycles. The largest absolute Gasteiger partial charge is 0.465 e. The lowest BCUT2D eigenvalue weighted by atomic mass is 10.1. The highest BCUT2D eigenvalue weighted by molar-refractivity contribution is 5.85. The van der Waals surface area contributed by atoms with Crippen molar-refractivity contribution >= 4 is 24.1 Å². The molecule has 0 bridgehead atoms. The summed E-state index contributed by atoms with van der Waals surface area (Å²) in [6.07, 6.45) is 0. The minimum absolute atomic E-state index is 0. The normalized spacial score (nSPS) is 14.2. The summed E-state index contributed by atoms with van der Waals surface area (Å²) in [5.74, 6) is -0.163. The van der Waals surface area contributed by atoms with Crippen LogP contribution in [0.3, 0.4) is 0 Å². The molecule has 1 aromatic carbocycles. The van der Waals surface area contributed by atoms with Crippen LogP contribution < -0.4 is 10.2 Å². The fourth-order valence-electron chi connectivity index (χ4n) is 2.05. The van der Waals surface area contributed by atoms with Crippen LogP contribution in [0.1, 0.15) is 12.5 Å². The molecule has 0 saturated heterocycles. The molecule has 100 valence electrons. The predicted molar refractivity (Wildman–Crippen MR) is 74.2 cm³/mol. The summed E-state index contributed by atoms with van der Waals surface area (Å²) >= 11 is 0. The molecule has 0 saturated carbocycles. The summed E-state index contributed by atoms with van der Waals surface area (Å²) < 4.78 is 5.00. The van der Waals surface area contributed by atoms with Crippen molar-refractivity contribution in [1.29, 1.82) is 0 Å². The number of nitrogens with zero attached hydrogens (tertiary/aromatic N) is 1. The number of esters is 1. The molecule has 5 heteroatoms. The predicted octanol–water partition coefficient (Wildman–Crippen LogP) is 1.58. The molecular weight excluding hydrogens is 252 g/mol. The lowest BCUT2D eigenvalue weighted by molar-refractivity contribution is -0.141. The van der Waals surface area contributed by atoms with Crippen molar-refractivity contribution in [3.8, 4) is 0 Å². The SMILES string of the molecule is CCOC(=O)CN1CCNCc2ccccc21.Cl. The molecule has 0 spiro atoms. The third-order valence-corrected chi connectivity index (χ3v) is 2.83. The first-order valence-corrected chi connectivity index (χ1v) is 6.00. The summed E-state index contributed by atoms with van der Waals surface area (Å²) in [6.45, 7) is 5.16. The average molecular weight is 271 g/mol. The number of para-hydroxylation sites is 1. The Morgan fingerprint density at radius 1 is 1.44 bits per heavy atom. The molecule has 1 aliphatic heterocycles. The highest BCUT2D eigenvalue weighted by Crippen LogP contribution is 2.21. The van der Waals surface area contributed by atoms with Crippen molar-refractivity contribution in [3.63, 3.8) is 0 Å². The molecule has 0 aliphatic carbocycles. The van der Waals surface area contributed by atoms with E-state index < -0.39 is 0 Å². The molecule has 4 nitrogen and oxygen atoms in total. The molecule has 1 aromatic rings. The number of hydrogen-bond donors (Lipinski definition) is 1. The van der Waals surface area contributed by atoms with E-state index in [-0.39, 0.29) is 18.4 Å². The second kappa shape index (κ2) is 7.24. The molecule has 1 aliphatic rings. The maximum Gasteiger partial charge on any atom is 0.325 e. The molecule has 2 rings (SSSR count). The van der Waals surface area contributed by atoms with Gasteiger partial charge in [-0.2, -0.15) is 0 Å². The number of halogens is 1. The van der Waals surface area contributed by atoms with Gasteiger partial charge >= 0.3 is 5.97 Å². The van der Waals surface area contributed by atoms with Crippen molar-refractivity contribution in [2.24, 2.45) is 0 Å². The van der Waals surface area contributed by atoms with Gasteiger partial charge in [0.15, 0.2) is 0 Å². The summed E-state index contributed by atoms with van der Waals surface area (Å²) in [5.41, 5.74) is 2.36. The van der Waals surface area contributed by atoms with E-state index in [0.717, 1.165) is 25.3 Å². The van der Waals surface area contributed by atoms with Gasteiger partial charge in [0.25, 0.3) is 0 Å². The number of carbonyl (C=O) groups is 1. The van der Waals surface area contributed by atoms with Crippen LogP contribution >= 0.6 is 12.4 Å². The number of fused-ring (bicyclic) bond motifs is 1. The van der Waals surface area contributed by atoms with Crippen LogP contribution in [0.4, 0.5) is 5.69 Å². The maximum atomic E-state index is 11.5. The number of benzene rings is 1. The molecule has 18 heavy (non-hydrogen) atoms. The Kier molecular flexibility index (Phi) is 5.95. The summed E-state index contributed by atoms with van der Waals surface area (Å²) in [6, 6.07) is 8.17. The Bertz CT molecular complexity index is 398. The van der Waals surface area contributed by atoms with Crippen LogP contribution in [0, 0.1) is 0 Å². The van der Waals surface area contributed by atoms with Gasteiger partial charge in [-0.15, -0.1) is 12.4 Å². The molecule has 0 aromatic heterocycles. The third kappa shape index (κ3) is 3.62. The van der Waals surface area contributed by atoms with Gasteiger partial charge in [0.2, 0.25) is 0 Å². The van der Waals surface area contributed by atoms with Gasteiger partial charge in [0.1, 0.15) is 6.54 Å². The quantitative estimate of drug-likeness (QED) is 0.847. The Labute approximate surface area is 114 Å². The van der Waals surface area contributed by atoms with Crippen LogP contribution in [-0.4, -0.2) is 32.2 Å². The van der Waals surface area contributed by atoms with E-state index >= 15 is 0 Å². The van der Waals surface area contributed by atoms with Crippen LogP contribution in [0.2, 0.25) is 0 Å². The molecule has 0 amide bonds.